The van der Waals surface area contributed by atoms with Crippen molar-refractivity contribution in [3.8, 4) is 0 Å². The Bertz CT molecular complexity index is 347. The Morgan fingerprint density at radius 2 is 1.89 bits per heavy atom. The molecule has 0 spiro atoms. The van der Waals surface area contributed by atoms with Gasteiger partial charge in [0.05, 0.1) is 12.1 Å². The molecule has 0 amide bonds. The summed E-state index contributed by atoms with van der Waals surface area (Å²) in [6, 6.07) is 9.34. The van der Waals surface area contributed by atoms with Gasteiger partial charge < -0.3 is 10.1 Å². The number of ether oxygens (including phenoxy) is 1. The van der Waals surface area contributed by atoms with Gasteiger partial charge in [0.25, 0.3) is 0 Å². The maximum absolute atomic E-state index is 5.58. The Kier molecular flexibility index (Phi) is 5.06. The number of hydrogen-bond acceptors (Lipinski definition) is 2. The zero-order valence-electron chi connectivity index (χ0n) is 11.6. The van der Waals surface area contributed by atoms with Gasteiger partial charge in [0.1, 0.15) is 0 Å². The van der Waals surface area contributed by atoms with Crippen LogP contribution in [0, 0.1) is 0 Å². The molecule has 1 aromatic rings. The number of anilines is 1. The smallest absolute Gasteiger partial charge is 0.0772 e. The number of rotatable bonds is 5. The highest BCUT2D eigenvalue weighted by Gasteiger charge is 2.24. The van der Waals surface area contributed by atoms with Crippen LogP contribution in [-0.4, -0.2) is 19.3 Å². The summed E-state index contributed by atoms with van der Waals surface area (Å²) < 4.78 is 5.58. The molecule has 0 bridgehead atoms. The van der Waals surface area contributed by atoms with Crippen LogP contribution in [0.25, 0.3) is 0 Å². The van der Waals surface area contributed by atoms with Gasteiger partial charge in [0, 0.05) is 12.8 Å². The van der Waals surface area contributed by atoms with Crippen molar-refractivity contribution in [3.05, 3.63) is 29.8 Å². The summed E-state index contributed by atoms with van der Waals surface area (Å²) in [7, 11) is 1.83. The summed E-state index contributed by atoms with van der Waals surface area (Å²) in [6.45, 7) is 2.22. The maximum atomic E-state index is 5.58. The van der Waals surface area contributed by atoms with Crippen LogP contribution in [0.3, 0.4) is 0 Å². The Morgan fingerprint density at radius 3 is 2.56 bits per heavy atom. The van der Waals surface area contributed by atoms with Gasteiger partial charge in [-0.3, -0.25) is 0 Å². The van der Waals surface area contributed by atoms with Gasteiger partial charge in [-0.25, -0.2) is 0 Å². The molecule has 2 atom stereocenters. The van der Waals surface area contributed by atoms with Crippen molar-refractivity contribution >= 4 is 5.69 Å². The van der Waals surface area contributed by atoms with E-state index in [-0.39, 0.29) is 0 Å². The Balaban J connectivity index is 1.95. The van der Waals surface area contributed by atoms with Gasteiger partial charge >= 0.3 is 0 Å². The van der Waals surface area contributed by atoms with E-state index < -0.39 is 0 Å². The quantitative estimate of drug-likeness (QED) is 0.849. The lowest BCUT2D eigenvalue weighted by atomic mass is 9.92. The predicted molar refractivity (Wildman–Crippen MR) is 77.1 cm³/mol. The van der Waals surface area contributed by atoms with Crippen LogP contribution in [0.5, 0.6) is 0 Å². The van der Waals surface area contributed by atoms with E-state index in [0.29, 0.717) is 12.1 Å². The second-order valence-electron chi connectivity index (χ2n) is 5.26. The highest BCUT2D eigenvalue weighted by atomic mass is 16.5. The summed E-state index contributed by atoms with van der Waals surface area (Å²) in [4.78, 5) is 0. The van der Waals surface area contributed by atoms with E-state index in [1.165, 1.54) is 49.8 Å². The van der Waals surface area contributed by atoms with Crippen molar-refractivity contribution in [2.24, 2.45) is 0 Å². The Labute approximate surface area is 111 Å². The SMILES string of the molecule is CCCc1ccc(NC2CCCCC2OC)cc1. The first-order chi connectivity index (χ1) is 8.83. The van der Waals surface area contributed by atoms with E-state index >= 15 is 0 Å². The average molecular weight is 247 g/mol. The van der Waals surface area contributed by atoms with E-state index in [2.05, 4.69) is 36.5 Å². The monoisotopic (exact) mass is 247 g/mol. The standard InChI is InChI=1S/C16H25NO/c1-3-6-13-9-11-14(12-10-13)17-15-7-4-5-8-16(15)18-2/h9-12,15-17H,3-8H2,1-2H3. The fourth-order valence-electron chi connectivity index (χ4n) is 2.81. The molecule has 1 aliphatic carbocycles. The van der Waals surface area contributed by atoms with Crippen LogP contribution in [0.1, 0.15) is 44.6 Å². The number of nitrogens with one attached hydrogen (secondary N) is 1. The largest absolute Gasteiger partial charge is 0.380 e. The van der Waals surface area contributed by atoms with Crippen LogP contribution in [0.4, 0.5) is 5.69 Å². The van der Waals surface area contributed by atoms with E-state index in [0.717, 1.165) is 0 Å². The second-order valence-corrected chi connectivity index (χ2v) is 5.26. The topological polar surface area (TPSA) is 21.3 Å². The van der Waals surface area contributed by atoms with Gasteiger partial charge in [0.2, 0.25) is 0 Å². The molecule has 0 aliphatic heterocycles. The van der Waals surface area contributed by atoms with Crippen molar-refractivity contribution in [1.29, 1.82) is 0 Å². The molecule has 0 saturated heterocycles. The molecule has 100 valence electrons. The van der Waals surface area contributed by atoms with E-state index in [9.17, 15) is 0 Å². The lowest BCUT2D eigenvalue weighted by molar-refractivity contribution is 0.0606. The van der Waals surface area contributed by atoms with Crippen molar-refractivity contribution in [2.45, 2.75) is 57.6 Å². The minimum absolute atomic E-state index is 0.370. The molecule has 18 heavy (non-hydrogen) atoms. The normalized spacial score (nSPS) is 23.9. The fraction of sp³-hybridized carbons (Fsp3) is 0.625. The summed E-state index contributed by atoms with van der Waals surface area (Å²) in [5.41, 5.74) is 2.65. The van der Waals surface area contributed by atoms with Crippen LogP contribution in [0.2, 0.25) is 0 Å². The molecular weight excluding hydrogens is 222 g/mol. The third-order valence-corrected chi connectivity index (χ3v) is 3.85. The lowest BCUT2D eigenvalue weighted by Gasteiger charge is -2.31. The van der Waals surface area contributed by atoms with Crippen LogP contribution < -0.4 is 5.32 Å². The number of hydrogen-bond donors (Lipinski definition) is 1. The molecule has 1 aromatic carbocycles. The molecule has 1 fully saturated rings. The van der Waals surface area contributed by atoms with Crippen molar-refractivity contribution < 1.29 is 4.74 Å². The van der Waals surface area contributed by atoms with Gasteiger partial charge in [-0.05, 0) is 37.0 Å². The molecule has 0 radical (unpaired) electrons. The molecule has 0 heterocycles. The third kappa shape index (κ3) is 3.49. The van der Waals surface area contributed by atoms with Crippen LogP contribution in [-0.2, 0) is 11.2 Å². The molecule has 1 aliphatic rings. The molecular formula is C16H25NO. The molecule has 2 rings (SSSR count). The highest BCUT2D eigenvalue weighted by Crippen LogP contribution is 2.24. The molecule has 1 saturated carbocycles. The zero-order valence-corrected chi connectivity index (χ0v) is 11.6. The minimum atomic E-state index is 0.370. The van der Waals surface area contributed by atoms with Crippen molar-refractivity contribution in [3.63, 3.8) is 0 Å². The van der Waals surface area contributed by atoms with Gasteiger partial charge in [-0.15, -0.1) is 0 Å². The fourth-order valence-corrected chi connectivity index (χ4v) is 2.81. The molecule has 2 unspecified atom stereocenters. The first-order valence-electron chi connectivity index (χ1n) is 7.21. The van der Waals surface area contributed by atoms with Gasteiger partial charge in [-0.2, -0.15) is 0 Å². The van der Waals surface area contributed by atoms with Gasteiger partial charge in [-0.1, -0.05) is 38.3 Å². The maximum Gasteiger partial charge on any atom is 0.0772 e. The summed E-state index contributed by atoms with van der Waals surface area (Å²) in [5, 5.41) is 3.63. The lowest BCUT2D eigenvalue weighted by Crippen LogP contribution is -2.37. The minimum Gasteiger partial charge on any atom is -0.380 e. The summed E-state index contributed by atoms with van der Waals surface area (Å²) >= 11 is 0. The highest BCUT2D eigenvalue weighted by molar-refractivity contribution is 5.45. The summed E-state index contributed by atoms with van der Waals surface area (Å²) in [6.07, 6.45) is 7.76. The average Bonchev–Trinajstić information content (AvgIpc) is 2.42. The van der Waals surface area contributed by atoms with E-state index in [1.54, 1.807) is 0 Å². The first-order valence-corrected chi connectivity index (χ1v) is 7.21. The second kappa shape index (κ2) is 6.79. The molecule has 1 N–H and O–H groups in total. The molecule has 2 nitrogen and oxygen atoms in total. The zero-order chi connectivity index (χ0) is 12.8. The van der Waals surface area contributed by atoms with Gasteiger partial charge in [0.15, 0.2) is 0 Å². The summed E-state index contributed by atoms with van der Waals surface area (Å²) in [5.74, 6) is 0. The number of benzene rings is 1. The molecule has 2 heteroatoms. The first kappa shape index (κ1) is 13.4. The van der Waals surface area contributed by atoms with Crippen molar-refractivity contribution in [2.75, 3.05) is 12.4 Å². The third-order valence-electron chi connectivity index (χ3n) is 3.85. The van der Waals surface area contributed by atoms with E-state index in [4.69, 9.17) is 4.74 Å². The Morgan fingerprint density at radius 1 is 1.17 bits per heavy atom. The predicted octanol–water partition coefficient (Wildman–Crippen LogP) is 4.01. The molecule has 0 aromatic heterocycles. The van der Waals surface area contributed by atoms with E-state index in [1.807, 2.05) is 7.11 Å². The van der Waals surface area contributed by atoms with Crippen LogP contribution >= 0.6 is 0 Å². The van der Waals surface area contributed by atoms with Crippen LogP contribution in [0.15, 0.2) is 24.3 Å². The van der Waals surface area contributed by atoms with Crippen molar-refractivity contribution in [1.82, 2.24) is 0 Å². The number of aryl methyl sites for hydroxylation is 1. The Hall–Kier alpha value is -1.02. The number of methoxy groups -OCH3 is 1.